The van der Waals surface area contributed by atoms with Crippen molar-refractivity contribution in [2.24, 2.45) is 0 Å². The molecule has 0 spiro atoms. The van der Waals surface area contributed by atoms with Crippen LogP contribution in [0.3, 0.4) is 0 Å². The molecule has 11 nitrogen and oxygen atoms in total. The van der Waals surface area contributed by atoms with Gasteiger partial charge < -0.3 is 14.8 Å². The van der Waals surface area contributed by atoms with Gasteiger partial charge in [-0.15, -0.1) is 0 Å². The zero-order chi connectivity index (χ0) is 25.2. The summed E-state index contributed by atoms with van der Waals surface area (Å²) in [5.41, 5.74) is -5.40. The summed E-state index contributed by atoms with van der Waals surface area (Å²) < 4.78 is 50.3. The van der Waals surface area contributed by atoms with Crippen LogP contribution in [0.25, 0.3) is 0 Å². The number of alkyl halides is 3. The summed E-state index contributed by atoms with van der Waals surface area (Å²) in [6.45, 7) is 0. The van der Waals surface area contributed by atoms with Gasteiger partial charge in [-0.2, -0.15) is 23.1 Å². The quantitative estimate of drug-likeness (QED) is 0.286. The van der Waals surface area contributed by atoms with E-state index < -0.39 is 49.6 Å². The third kappa shape index (κ3) is 5.35. The van der Waals surface area contributed by atoms with Gasteiger partial charge in [0.2, 0.25) is 23.4 Å². The van der Waals surface area contributed by atoms with Crippen LogP contribution in [0.15, 0.2) is 36.4 Å². The molecular formula is C18H10Cl2F3N5O6. The van der Waals surface area contributed by atoms with Crippen molar-refractivity contribution in [3.8, 4) is 17.5 Å². The molecule has 34 heavy (non-hydrogen) atoms. The summed E-state index contributed by atoms with van der Waals surface area (Å²) in [5.74, 6) is -0.555. The molecule has 0 aliphatic carbocycles. The van der Waals surface area contributed by atoms with Crippen LogP contribution in [0.2, 0.25) is 10.0 Å². The van der Waals surface area contributed by atoms with Gasteiger partial charge in [0.05, 0.1) is 28.6 Å². The van der Waals surface area contributed by atoms with Gasteiger partial charge in [-0.1, -0.05) is 23.2 Å². The number of nitrogens with zero attached hydrogens (tertiary/aromatic N) is 4. The Bertz CT molecular complexity index is 1270. The molecule has 0 unspecified atom stereocenters. The van der Waals surface area contributed by atoms with E-state index in [0.29, 0.717) is 5.02 Å². The molecule has 0 fully saturated rings. The van der Waals surface area contributed by atoms with E-state index in [1.165, 1.54) is 37.4 Å². The van der Waals surface area contributed by atoms with Crippen LogP contribution >= 0.6 is 23.2 Å². The number of hydrogen-bond donors (Lipinski definition) is 1. The standard InChI is InChI=1S/C18H10Cl2F3N5O6/c1-33-12-7-13(34-9-4-2-8(19)3-5-9)25-17(24-12)26-15-11(27(29)30)6-10(18(21,22)23)14(20)16(15)28(31)32/h2-7H,1H3,(H,24,25,26). The first kappa shape index (κ1) is 24.7. The predicted octanol–water partition coefficient (Wildman–Crippen LogP) is 6.16. The Morgan fingerprint density at radius 1 is 1.00 bits per heavy atom. The third-order valence-electron chi connectivity index (χ3n) is 4.06. The van der Waals surface area contributed by atoms with E-state index in [0.717, 1.165) is 0 Å². The van der Waals surface area contributed by atoms with E-state index in [1.807, 2.05) is 0 Å². The molecule has 1 aromatic heterocycles. The Balaban J connectivity index is 2.14. The highest BCUT2D eigenvalue weighted by atomic mass is 35.5. The lowest BCUT2D eigenvalue weighted by atomic mass is 10.1. The van der Waals surface area contributed by atoms with E-state index in [4.69, 9.17) is 32.7 Å². The summed E-state index contributed by atoms with van der Waals surface area (Å²) >= 11 is 11.4. The lowest BCUT2D eigenvalue weighted by Crippen LogP contribution is -2.11. The molecule has 0 atom stereocenters. The molecule has 3 rings (SSSR count). The molecule has 0 bridgehead atoms. The first-order valence-electron chi connectivity index (χ1n) is 8.76. The fourth-order valence-electron chi connectivity index (χ4n) is 2.63. The molecule has 1 N–H and O–H groups in total. The molecule has 0 amide bonds. The highest BCUT2D eigenvalue weighted by molar-refractivity contribution is 6.34. The number of methoxy groups -OCH3 is 1. The first-order chi connectivity index (χ1) is 15.9. The Morgan fingerprint density at radius 3 is 2.15 bits per heavy atom. The number of nitrogens with one attached hydrogen (secondary N) is 1. The van der Waals surface area contributed by atoms with E-state index in [9.17, 15) is 33.4 Å². The van der Waals surface area contributed by atoms with Crippen LogP contribution in [0, 0.1) is 20.2 Å². The van der Waals surface area contributed by atoms with Crippen LogP contribution in [0.4, 0.5) is 36.2 Å². The molecule has 0 saturated heterocycles. The molecule has 0 aliphatic rings. The first-order valence-corrected chi connectivity index (χ1v) is 9.52. The zero-order valence-electron chi connectivity index (χ0n) is 16.6. The second-order valence-electron chi connectivity index (χ2n) is 6.25. The molecule has 2 aromatic carbocycles. The van der Waals surface area contributed by atoms with E-state index >= 15 is 0 Å². The lowest BCUT2D eigenvalue weighted by molar-refractivity contribution is -0.392. The topological polar surface area (TPSA) is 143 Å². The average molecular weight is 520 g/mol. The van der Waals surface area contributed by atoms with Gasteiger partial charge in [0.15, 0.2) is 0 Å². The van der Waals surface area contributed by atoms with Gasteiger partial charge in [0, 0.05) is 11.1 Å². The van der Waals surface area contributed by atoms with Gasteiger partial charge >= 0.3 is 17.6 Å². The van der Waals surface area contributed by atoms with Crippen molar-refractivity contribution in [2.45, 2.75) is 6.18 Å². The van der Waals surface area contributed by atoms with Crippen LogP contribution in [-0.2, 0) is 6.18 Å². The average Bonchev–Trinajstić information content (AvgIpc) is 2.74. The molecule has 0 radical (unpaired) electrons. The highest BCUT2D eigenvalue weighted by Crippen LogP contribution is 2.48. The molecule has 16 heteroatoms. The SMILES string of the molecule is COc1cc(Oc2ccc(Cl)cc2)nc(Nc2c([N+](=O)[O-])cc(C(F)(F)F)c(Cl)c2[N+](=O)[O-])n1. The van der Waals surface area contributed by atoms with Crippen molar-refractivity contribution in [1.29, 1.82) is 0 Å². The minimum atomic E-state index is -5.20. The monoisotopic (exact) mass is 519 g/mol. The Morgan fingerprint density at radius 2 is 1.62 bits per heavy atom. The maximum atomic E-state index is 13.3. The number of hydrogen-bond acceptors (Lipinski definition) is 9. The fourth-order valence-corrected chi connectivity index (χ4v) is 3.08. The number of nitro groups is 2. The predicted molar refractivity (Wildman–Crippen MR) is 113 cm³/mol. The fraction of sp³-hybridized carbons (Fsp3) is 0.111. The van der Waals surface area contributed by atoms with Gasteiger partial charge in [-0.05, 0) is 24.3 Å². The minimum Gasteiger partial charge on any atom is -0.481 e. The summed E-state index contributed by atoms with van der Waals surface area (Å²) in [5, 5.41) is 24.3. The van der Waals surface area contributed by atoms with Crippen LogP contribution in [0.5, 0.6) is 17.5 Å². The van der Waals surface area contributed by atoms with Gasteiger partial charge in [-0.25, -0.2) is 0 Å². The summed E-state index contributed by atoms with van der Waals surface area (Å²) in [4.78, 5) is 28.2. The maximum Gasteiger partial charge on any atom is 0.418 e. The number of benzene rings is 2. The third-order valence-corrected chi connectivity index (χ3v) is 4.70. The summed E-state index contributed by atoms with van der Waals surface area (Å²) in [6.07, 6.45) is -5.20. The van der Waals surface area contributed by atoms with Crippen LogP contribution < -0.4 is 14.8 Å². The molecule has 3 aromatic rings. The number of ether oxygens (including phenoxy) is 2. The van der Waals surface area contributed by atoms with Crippen LogP contribution in [-0.4, -0.2) is 26.9 Å². The van der Waals surface area contributed by atoms with Crippen molar-refractivity contribution in [2.75, 3.05) is 12.4 Å². The minimum absolute atomic E-state index is 0.0724. The van der Waals surface area contributed by atoms with Crippen molar-refractivity contribution in [3.63, 3.8) is 0 Å². The number of anilines is 2. The maximum absolute atomic E-state index is 13.3. The van der Waals surface area contributed by atoms with Gasteiger partial charge in [0.1, 0.15) is 10.8 Å². The van der Waals surface area contributed by atoms with Crippen LogP contribution in [0.1, 0.15) is 5.56 Å². The lowest BCUT2D eigenvalue weighted by Gasteiger charge is -2.14. The van der Waals surface area contributed by atoms with E-state index in [2.05, 4.69) is 15.3 Å². The second-order valence-corrected chi connectivity index (χ2v) is 7.06. The summed E-state index contributed by atoms with van der Waals surface area (Å²) in [7, 11) is 1.22. The van der Waals surface area contributed by atoms with E-state index in [-0.39, 0.29) is 23.6 Å². The Kier molecular flexibility index (Phi) is 6.93. The molecular weight excluding hydrogens is 510 g/mol. The second kappa shape index (κ2) is 9.52. The van der Waals surface area contributed by atoms with E-state index in [1.54, 1.807) is 0 Å². The number of aromatic nitrogens is 2. The normalized spacial score (nSPS) is 11.1. The van der Waals surface area contributed by atoms with Crippen molar-refractivity contribution < 1.29 is 32.5 Å². The Labute approximate surface area is 197 Å². The van der Waals surface area contributed by atoms with Crippen molar-refractivity contribution >= 4 is 46.2 Å². The molecule has 0 saturated carbocycles. The van der Waals surface area contributed by atoms with Crippen molar-refractivity contribution in [3.05, 3.63) is 72.2 Å². The van der Waals surface area contributed by atoms with Gasteiger partial charge in [0.25, 0.3) is 0 Å². The smallest absolute Gasteiger partial charge is 0.418 e. The number of nitro benzene ring substituents is 2. The number of rotatable bonds is 7. The molecule has 1 heterocycles. The molecule has 178 valence electrons. The zero-order valence-corrected chi connectivity index (χ0v) is 18.1. The highest BCUT2D eigenvalue weighted by Gasteiger charge is 2.42. The summed E-state index contributed by atoms with van der Waals surface area (Å²) in [6, 6.07) is 7.33. The Hall–Kier alpha value is -3.91. The number of halogens is 5. The van der Waals surface area contributed by atoms with Crippen molar-refractivity contribution in [1.82, 2.24) is 9.97 Å². The van der Waals surface area contributed by atoms with Gasteiger partial charge in [-0.3, -0.25) is 20.2 Å². The molecule has 0 aliphatic heterocycles. The largest absolute Gasteiger partial charge is 0.481 e.